The lowest BCUT2D eigenvalue weighted by Gasteiger charge is -2.09. The molecule has 1 aromatic carbocycles. The molecule has 0 saturated heterocycles. The Hall–Kier alpha value is -2.34. The topological polar surface area (TPSA) is 54.0 Å². The zero-order chi connectivity index (χ0) is 14.5. The molecule has 0 spiro atoms. The van der Waals surface area contributed by atoms with Gasteiger partial charge in [-0.3, -0.25) is 10.1 Å². The van der Waals surface area contributed by atoms with Gasteiger partial charge in [-0.2, -0.15) is 0 Å². The summed E-state index contributed by atoms with van der Waals surface area (Å²) in [5.74, 6) is -0.263. The number of benzene rings is 1. The predicted molar refractivity (Wildman–Crippen MR) is 79.1 cm³/mol. The van der Waals surface area contributed by atoms with Gasteiger partial charge in [0.05, 0.1) is 0 Å². The van der Waals surface area contributed by atoms with Crippen LogP contribution in [0.1, 0.15) is 15.9 Å². The van der Waals surface area contributed by atoms with Gasteiger partial charge in [-0.15, -0.1) is 0 Å². The zero-order valence-electron chi connectivity index (χ0n) is 10.7. The number of nitrogens with one attached hydrogen (secondary N) is 2. The van der Waals surface area contributed by atoms with E-state index in [0.29, 0.717) is 11.4 Å². The van der Waals surface area contributed by atoms with Gasteiger partial charge in [-0.1, -0.05) is 6.07 Å². The molecule has 0 aliphatic heterocycles. The average Bonchev–Trinajstić information content (AvgIpc) is 2.42. The van der Waals surface area contributed by atoms with Crippen LogP contribution in [0.15, 0.2) is 42.6 Å². The summed E-state index contributed by atoms with van der Waals surface area (Å²) in [6.45, 7) is 1.92. The number of amides is 1. The molecule has 0 aliphatic rings. The van der Waals surface area contributed by atoms with Crippen molar-refractivity contribution in [2.45, 2.75) is 6.92 Å². The van der Waals surface area contributed by atoms with E-state index < -0.39 is 11.7 Å². The maximum atomic E-state index is 12.8. The van der Waals surface area contributed by atoms with E-state index in [-0.39, 0.29) is 5.11 Å². The van der Waals surface area contributed by atoms with Crippen molar-refractivity contribution in [3.8, 4) is 0 Å². The van der Waals surface area contributed by atoms with E-state index in [9.17, 15) is 9.18 Å². The lowest BCUT2D eigenvalue weighted by atomic mass is 10.2. The Kier molecular flexibility index (Phi) is 4.37. The molecule has 4 nitrogen and oxygen atoms in total. The van der Waals surface area contributed by atoms with Crippen molar-refractivity contribution in [1.82, 2.24) is 10.3 Å². The summed E-state index contributed by atoms with van der Waals surface area (Å²) in [4.78, 5) is 15.9. The van der Waals surface area contributed by atoms with Crippen LogP contribution in [-0.4, -0.2) is 16.0 Å². The van der Waals surface area contributed by atoms with Gasteiger partial charge in [-0.25, -0.2) is 9.37 Å². The molecule has 0 atom stereocenters. The van der Waals surface area contributed by atoms with Crippen molar-refractivity contribution < 1.29 is 9.18 Å². The molecule has 0 fully saturated rings. The van der Waals surface area contributed by atoms with Gasteiger partial charge in [0, 0.05) is 11.8 Å². The molecule has 6 heteroatoms. The summed E-state index contributed by atoms with van der Waals surface area (Å²) in [6.07, 6.45) is 1.69. The minimum atomic E-state index is -0.408. The number of rotatable bonds is 2. The Balaban J connectivity index is 1.95. The van der Waals surface area contributed by atoms with Crippen LogP contribution in [0.4, 0.5) is 10.2 Å². The Morgan fingerprint density at radius 3 is 2.50 bits per heavy atom. The van der Waals surface area contributed by atoms with Crippen LogP contribution in [0.5, 0.6) is 0 Å². The molecule has 2 rings (SSSR count). The van der Waals surface area contributed by atoms with E-state index in [0.717, 1.165) is 5.56 Å². The highest BCUT2D eigenvalue weighted by molar-refractivity contribution is 7.80. The normalized spacial score (nSPS) is 9.90. The van der Waals surface area contributed by atoms with Crippen LogP contribution in [0, 0.1) is 12.7 Å². The van der Waals surface area contributed by atoms with Gasteiger partial charge in [0.1, 0.15) is 11.6 Å². The molecule has 1 amide bonds. The molecule has 2 N–H and O–H groups in total. The number of hydrogen-bond donors (Lipinski definition) is 2. The van der Waals surface area contributed by atoms with Gasteiger partial charge in [0.25, 0.3) is 5.91 Å². The van der Waals surface area contributed by atoms with Crippen molar-refractivity contribution in [2.24, 2.45) is 0 Å². The summed E-state index contributed by atoms with van der Waals surface area (Å²) in [6, 6.07) is 8.83. The number of hydrogen-bond acceptors (Lipinski definition) is 3. The number of halogens is 1. The SMILES string of the molecule is Cc1ccc(NC(=S)NC(=O)c2ccc(F)cc2)nc1. The monoisotopic (exact) mass is 289 g/mol. The largest absolute Gasteiger partial charge is 0.317 e. The molecule has 20 heavy (non-hydrogen) atoms. The van der Waals surface area contributed by atoms with Gasteiger partial charge in [-0.05, 0) is 55.0 Å². The second-order valence-electron chi connectivity index (χ2n) is 4.14. The Morgan fingerprint density at radius 1 is 1.20 bits per heavy atom. The lowest BCUT2D eigenvalue weighted by Crippen LogP contribution is -2.34. The third-order valence-corrected chi connectivity index (χ3v) is 2.69. The second-order valence-corrected chi connectivity index (χ2v) is 4.54. The number of nitrogens with zero attached hydrogens (tertiary/aromatic N) is 1. The number of carbonyl (C=O) groups is 1. The first-order valence-corrected chi connectivity index (χ1v) is 6.26. The van der Waals surface area contributed by atoms with Crippen LogP contribution in [0.25, 0.3) is 0 Å². The Morgan fingerprint density at radius 2 is 1.90 bits per heavy atom. The summed E-state index contributed by atoms with van der Waals surface area (Å²) < 4.78 is 12.8. The predicted octanol–water partition coefficient (Wildman–Crippen LogP) is 2.66. The summed E-state index contributed by atoms with van der Waals surface area (Å²) in [7, 11) is 0. The Labute approximate surface area is 121 Å². The number of aromatic nitrogens is 1. The molecule has 2 aromatic rings. The fraction of sp³-hybridized carbons (Fsp3) is 0.0714. The number of thiocarbonyl (C=S) groups is 1. The van der Waals surface area contributed by atoms with Crippen molar-refractivity contribution >= 4 is 29.1 Å². The first-order chi connectivity index (χ1) is 9.54. The maximum Gasteiger partial charge on any atom is 0.257 e. The third kappa shape index (κ3) is 3.83. The quantitative estimate of drug-likeness (QED) is 0.835. The van der Waals surface area contributed by atoms with Crippen LogP contribution in [-0.2, 0) is 0 Å². The molecule has 0 saturated carbocycles. The van der Waals surface area contributed by atoms with Crippen LogP contribution < -0.4 is 10.6 Å². The molecule has 0 aliphatic carbocycles. The van der Waals surface area contributed by atoms with Crippen molar-refractivity contribution in [1.29, 1.82) is 0 Å². The number of pyridine rings is 1. The van der Waals surface area contributed by atoms with Crippen LogP contribution in [0.3, 0.4) is 0 Å². The number of anilines is 1. The highest BCUT2D eigenvalue weighted by Crippen LogP contribution is 2.05. The van der Waals surface area contributed by atoms with E-state index in [1.54, 1.807) is 12.3 Å². The standard InChI is InChI=1S/C14H12FN3OS/c1-9-2-7-12(16-8-9)17-14(20)18-13(19)10-3-5-11(15)6-4-10/h2-8H,1H3,(H2,16,17,18,19,20). The maximum absolute atomic E-state index is 12.8. The van der Waals surface area contributed by atoms with Crippen molar-refractivity contribution in [3.05, 3.63) is 59.5 Å². The van der Waals surface area contributed by atoms with E-state index in [4.69, 9.17) is 12.2 Å². The van der Waals surface area contributed by atoms with Crippen molar-refractivity contribution in [2.75, 3.05) is 5.32 Å². The van der Waals surface area contributed by atoms with E-state index in [1.165, 1.54) is 24.3 Å². The van der Waals surface area contributed by atoms with Gasteiger partial charge in [0.15, 0.2) is 5.11 Å². The minimum absolute atomic E-state index is 0.135. The lowest BCUT2D eigenvalue weighted by molar-refractivity contribution is 0.0977. The highest BCUT2D eigenvalue weighted by atomic mass is 32.1. The smallest absolute Gasteiger partial charge is 0.257 e. The first kappa shape index (κ1) is 14.1. The number of aryl methyl sites for hydroxylation is 1. The van der Waals surface area contributed by atoms with Gasteiger partial charge < -0.3 is 5.32 Å². The first-order valence-electron chi connectivity index (χ1n) is 5.85. The molecule has 0 bridgehead atoms. The Bertz CT molecular complexity index is 626. The van der Waals surface area contributed by atoms with E-state index >= 15 is 0 Å². The molecule has 1 aromatic heterocycles. The molecular weight excluding hydrogens is 277 g/mol. The van der Waals surface area contributed by atoms with Gasteiger partial charge >= 0.3 is 0 Å². The number of carbonyl (C=O) groups excluding carboxylic acids is 1. The van der Waals surface area contributed by atoms with E-state index in [2.05, 4.69) is 15.6 Å². The summed E-state index contributed by atoms with van der Waals surface area (Å²) in [5, 5.41) is 5.43. The molecular formula is C14H12FN3OS. The minimum Gasteiger partial charge on any atom is -0.317 e. The second kappa shape index (κ2) is 6.21. The third-order valence-electron chi connectivity index (χ3n) is 2.49. The zero-order valence-corrected chi connectivity index (χ0v) is 11.5. The van der Waals surface area contributed by atoms with E-state index in [1.807, 2.05) is 13.0 Å². The molecule has 1 heterocycles. The fourth-order valence-corrected chi connectivity index (χ4v) is 1.66. The molecule has 0 unspecified atom stereocenters. The summed E-state index contributed by atoms with van der Waals surface area (Å²) in [5.41, 5.74) is 1.35. The van der Waals surface area contributed by atoms with Crippen molar-refractivity contribution in [3.63, 3.8) is 0 Å². The average molecular weight is 289 g/mol. The van der Waals surface area contributed by atoms with Crippen LogP contribution >= 0.6 is 12.2 Å². The summed E-state index contributed by atoms with van der Waals surface area (Å²) >= 11 is 5.01. The molecule has 102 valence electrons. The highest BCUT2D eigenvalue weighted by Gasteiger charge is 2.08. The van der Waals surface area contributed by atoms with Crippen LogP contribution in [0.2, 0.25) is 0 Å². The molecule has 0 radical (unpaired) electrons. The van der Waals surface area contributed by atoms with Gasteiger partial charge in [0.2, 0.25) is 0 Å². The fourth-order valence-electron chi connectivity index (χ4n) is 1.47.